The minimum absolute atomic E-state index is 1.20. The first-order valence-electron chi connectivity index (χ1n) is 3.75. The first kappa shape index (κ1) is 7.95. The molecular weight excluding hydrogens is 186 g/mol. The average Bonchev–Trinajstić information content (AvgIpc) is 2.52. The van der Waals surface area contributed by atoms with Gasteiger partial charge in [0.1, 0.15) is 4.83 Å². The van der Waals surface area contributed by atoms with Gasteiger partial charge in [0, 0.05) is 28.2 Å². The van der Waals surface area contributed by atoms with E-state index in [2.05, 4.69) is 29.8 Å². The molecule has 2 aromatic rings. The van der Waals surface area contributed by atoms with Crippen LogP contribution in [-0.4, -0.2) is 9.77 Å². The predicted octanol–water partition coefficient (Wildman–Crippen LogP) is 2.97. The Balaban J connectivity index is 2.90. The molecule has 0 aromatic carbocycles. The molecule has 1 nitrogen and oxygen atoms in total. The van der Waals surface area contributed by atoms with Gasteiger partial charge < -0.3 is 4.40 Å². The lowest BCUT2D eigenvalue weighted by Crippen LogP contribution is -1.78. The molecule has 0 radical (unpaired) electrons. The van der Waals surface area contributed by atoms with Crippen LogP contribution in [0.15, 0.2) is 11.6 Å². The molecule has 0 spiro atoms. The van der Waals surface area contributed by atoms with Crippen LogP contribution in [0.4, 0.5) is 0 Å². The molecule has 0 N–H and O–H groups in total. The van der Waals surface area contributed by atoms with Gasteiger partial charge in [0.2, 0.25) is 0 Å². The van der Waals surface area contributed by atoms with Crippen LogP contribution >= 0.6 is 23.6 Å². The lowest BCUT2D eigenvalue weighted by atomic mass is 10.2. The molecule has 2 rings (SSSR count). The van der Waals surface area contributed by atoms with Crippen molar-refractivity contribution in [3.05, 3.63) is 28.4 Å². The van der Waals surface area contributed by atoms with Crippen LogP contribution in [-0.2, 0) is 0 Å². The lowest BCUT2D eigenvalue weighted by Gasteiger charge is -1.85. The number of hydrogen-bond acceptors (Lipinski definition) is 2. The largest absolute Gasteiger partial charge is 0.311 e. The minimum Gasteiger partial charge on any atom is -0.311 e. The van der Waals surface area contributed by atoms with E-state index in [-0.39, 0.29) is 0 Å². The third kappa shape index (κ3) is 0.934. The Morgan fingerprint density at radius 1 is 1.50 bits per heavy atom. The zero-order valence-corrected chi connectivity index (χ0v) is 8.63. The van der Waals surface area contributed by atoms with Crippen molar-refractivity contribution >= 4 is 33.8 Å². The monoisotopic (exact) mass is 195 g/mol. The molecule has 3 heteroatoms. The highest BCUT2D eigenvalue weighted by Crippen LogP contribution is 2.23. The highest BCUT2D eigenvalue weighted by atomic mass is 32.1. The Bertz CT molecular complexity index is 436. The van der Waals surface area contributed by atoms with E-state index in [0.717, 1.165) is 0 Å². The Kier molecular flexibility index (Phi) is 1.77. The second kappa shape index (κ2) is 2.68. The number of aryl methyl sites for hydroxylation is 2. The smallest absolute Gasteiger partial charge is 0.108 e. The SMILES string of the molecule is Cc1cn2c(C)csc2c1C=S. The van der Waals surface area contributed by atoms with Crippen molar-refractivity contribution in [3.8, 4) is 0 Å². The molecule has 0 atom stereocenters. The first-order valence-corrected chi connectivity index (χ1v) is 5.10. The second-order valence-electron chi connectivity index (χ2n) is 2.90. The summed E-state index contributed by atoms with van der Waals surface area (Å²) in [6.45, 7) is 4.20. The molecule has 0 aliphatic heterocycles. The molecule has 0 unspecified atom stereocenters. The van der Waals surface area contributed by atoms with Crippen molar-refractivity contribution in [1.82, 2.24) is 4.40 Å². The van der Waals surface area contributed by atoms with Crippen molar-refractivity contribution in [3.63, 3.8) is 0 Å². The number of fused-ring (bicyclic) bond motifs is 1. The molecule has 2 heterocycles. The third-order valence-corrected chi connectivity index (χ3v) is 3.37. The van der Waals surface area contributed by atoms with Crippen molar-refractivity contribution in [2.24, 2.45) is 0 Å². The molecule has 2 aromatic heterocycles. The summed E-state index contributed by atoms with van der Waals surface area (Å²) in [5, 5.41) is 3.91. The van der Waals surface area contributed by atoms with Crippen molar-refractivity contribution < 1.29 is 0 Å². The van der Waals surface area contributed by atoms with Crippen LogP contribution in [0.2, 0.25) is 0 Å². The van der Waals surface area contributed by atoms with Crippen molar-refractivity contribution in [1.29, 1.82) is 0 Å². The molecule has 62 valence electrons. The van der Waals surface area contributed by atoms with Gasteiger partial charge in [-0.3, -0.25) is 0 Å². The summed E-state index contributed by atoms with van der Waals surface area (Å²) in [5.74, 6) is 0. The quantitative estimate of drug-likeness (QED) is 0.633. The summed E-state index contributed by atoms with van der Waals surface area (Å²) >= 11 is 6.72. The third-order valence-electron chi connectivity index (χ3n) is 2.04. The van der Waals surface area contributed by atoms with E-state index in [1.54, 1.807) is 16.7 Å². The van der Waals surface area contributed by atoms with Gasteiger partial charge >= 0.3 is 0 Å². The first-order chi connectivity index (χ1) is 5.74. The van der Waals surface area contributed by atoms with E-state index in [1.807, 2.05) is 0 Å². The molecular formula is C9H9NS2. The fourth-order valence-corrected chi connectivity index (χ4v) is 2.77. The Morgan fingerprint density at radius 3 is 2.92 bits per heavy atom. The minimum atomic E-state index is 1.20. The van der Waals surface area contributed by atoms with Crippen LogP contribution in [0.3, 0.4) is 0 Å². The summed E-state index contributed by atoms with van der Waals surface area (Å²) in [6, 6.07) is 0. The van der Waals surface area contributed by atoms with E-state index in [4.69, 9.17) is 12.2 Å². The number of hydrogen-bond donors (Lipinski definition) is 0. The summed E-state index contributed by atoms with van der Waals surface area (Å²) in [5.41, 5.74) is 3.74. The second-order valence-corrected chi connectivity index (χ2v) is 3.99. The maximum Gasteiger partial charge on any atom is 0.108 e. The van der Waals surface area contributed by atoms with Crippen LogP contribution in [0.5, 0.6) is 0 Å². The van der Waals surface area contributed by atoms with E-state index >= 15 is 0 Å². The fourth-order valence-electron chi connectivity index (χ4n) is 1.34. The summed E-state index contributed by atoms with van der Waals surface area (Å²) < 4.78 is 2.19. The van der Waals surface area contributed by atoms with Gasteiger partial charge in [-0.1, -0.05) is 12.2 Å². The molecule has 0 bridgehead atoms. The van der Waals surface area contributed by atoms with Gasteiger partial charge in [-0.05, 0) is 19.4 Å². The average molecular weight is 195 g/mol. The van der Waals surface area contributed by atoms with Gasteiger partial charge in [0.25, 0.3) is 0 Å². The molecule has 12 heavy (non-hydrogen) atoms. The summed E-state index contributed by atoms with van der Waals surface area (Å²) in [7, 11) is 0. The molecule has 0 aliphatic rings. The summed E-state index contributed by atoms with van der Waals surface area (Å²) in [4.78, 5) is 1.26. The van der Waals surface area contributed by atoms with E-state index in [0.29, 0.717) is 0 Å². The zero-order valence-electron chi connectivity index (χ0n) is 7.00. The Morgan fingerprint density at radius 2 is 2.25 bits per heavy atom. The predicted molar refractivity (Wildman–Crippen MR) is 57.5 cm³/mol. The molecule has 0 aliphatic carbocycles. The van der Waals surface area contributed by atoms with Gasteiger partial charge in [0.15, 0.2) is 0 Å². The molecule has 0 saturated carbocycles. The zero-order chi connectivity index (χ0) is 8.72. The van der Waals surface area contributed by atoms with Crippen molar-refractivity contribution in [2.75, 3.05) is 0 Å². The van der Waals surface area contributed by atoms with Gasteiger partial charge in [0.05, 0.1) is 0 Å². The maximum atomic E-state index is 4.96. The van der Waals surface area contributed by atoms with Crippen molar-refractivity contribution in [2.45, 2.75) is 13.8 Å². The van der Waals surface area contributed by atoms with Gasteiger partial charge in [-0.25, -0.2) is 0 Å². The van der Waals surface area contributed by atoms with Crippen LogP contribution in [0.25, 0.3) is 4.83 Å². The highest BCUT2D eigenvalue weighted by Gasteiger charge is 2.07. The van der Waals surface area contributed by atoms with Crippen LogP contribution in [0.1, 0.15) is 16.8 Å². The number of thiazole rings is 1. The van der Waals surface area contributed by atoms with E-state index in [9.17, 15) is 0 Å². The van der Waals surface area contributed by atoms with E-state index < -0.39 is 0 Å². The molecule has 0 saturated heterocycles. The highest BCUT2D eigenvalue weighted by molar-refractivity contribution is 7.79. The standard InChI is InChI=1S/C9H9NS2/c1-6-3-10-7(2)5-12-9(10)8(6)4-11/h3-5H,1-2H3. The number of aromatic nitrogens is 1. The topological polar surface area (TPSA) is 4.41 Å². The van der Waals surface area contributed by atoms with Gasteiger partial charge in [-0.2, -0.15) is 0 Å². The number of rotatable bonds is 1. The Hall–Kier alpha value is -0.670. The Labute approximate surface area is 80.6 Å². The number of nitrogens with zero attached hydrogens (tertiary/aromatic N) is 1. The molecule has 0 fully saturated rings. The lowest BCUT2D eigenvalue weighted by molar-refractivity contribution is 1.13. The van der Waals surface area contributed by atoms with Gasteiger partial charge in [-0.15, -0.1) is 11.3 Å². The van der Waals surface area contributed by atoms with E-state index in [1.165, 1.54) is 21.7 Å². The molecule has 0 amide bonds. The maximum absolute atomic E-state index is 4.96. The van der Waals surface area contributed by atoms with Crippen LogP contribution in [0, 0.1) is 13.8 Å². The summed E-state index contributed by atoms with van der Waals surface area (Å²) in [6.07, 6.45) is 2.14. The normalized spacial score (nSPS) is 10.8. The van der Waals surface area contributed by atoms with Crippen LogP contribution < -0.4 is 0 Å². The fraction of sp³-hybridized carbons (Fsp3) is 0.222. The number of thiocarbonyl (C=S) groups is 1.